The van der Waals surface area contributed by atoms with Gasteiger partial charge in [-0.2, -0.15) is 9.97 Å². The highest BCUT2D eigenvalue weighted by molar-refractivity contribution is 6.31. The van der Waals surface area contributed by atoms with Crippen molar-refractivity contribution in [1.82, 2.24) is 19.5 Å². The van der Waals surface area contributed by atoms with Gasteiger partial charge in [0, 0.05) is 11.6 Å². The third-order valence-corrected chi connectivity index (χ3v) is 5.24. The van der Waals surface area contributed by atoms with E-state index in [0.29, 0.717) is 35.0 Å². The highest BCUT2D eigenvalue weighted by Gasteiger charge is 2.44. The summed E-state index contributed by atoms with van der Waals surface area (Å²) in [5, 5.41) is 33.5. The molecule has 0 saturated carbocycles. The van der Waals surface area contributed by atoms with Crippen LogP contribution in [0.5, 0.6) is 0 Å². The molecule has 1 aliphatic heterocycles. The van der Waals surface area contributed by atoms with E-state index in [1.807, 2.05) is 24.3 Å². The molecular weight excluding hydrogens is 400 g/mol. The van der Waals surface area contributed by atoms with Gasteiger partial charge in [0.2, 0.25) is 5.95 Å². The van der Waals surface area contributed by atoms with E-state index in [1.165, 1.54) is 10.9 Å². The van der Waals surface area contributed by atoms with Gasteiger partial charge in [-0.3, -0.25) is 4.57 Å². The molecule has 0 amide bonds. The molecule has 0 spiro atoms. The fourth-order valence-corrected chi connectivity index (χ4v) is 3.60. The van der Waals surface area contributed by atoms with Gasteiger partial charge in [-0.15, -0.1) is 0 Å². The molecule has 1 fully saturated rings. The average molecular weight is 421 g/mol. The topological polar surface area (TPSA) is 152 Å². The third-order valence-electron chi connectivity index (χ3n) is 4.87. The number of nitrogens with zero attached hydrogens (tertiary/aromatic N) is 4. The van der Waals surface area contributed by atoms with Crippen LogP contribution in [0.25, 0.3) is 11.2 Å². The first kappa shape index (κ1) is 19.8. The van der Waals surface area contributed by atoms with Crippen molar-refractivity contribution in [2.24, 2.45) is 0 Å². The van der Waals surface area contributed by atoms with Gasteiger partial charge in [0.05, 0.1) is 12.9 Å². The van der Waals surface area contributed by atoms with Gasteiger partial charge in [-0.05, 0) is 18.1 Å². The zero-order valence-electron chi connectivity index (χ0n) is 15.3. The lowest BCUT2D eigenvalue weighted by atomic mass is 10.1. The zero-order valence-corrected chi connectivity index (χ0v) is 16.1. The van der Waals surface area contributed by atoms with Crippen LogP contribution >= 0.6 is 11.6 Å². The SMILES string of the molecule is Nc1nc(NCCc2ccccc2Cl)c2ncn(C3O[C@H](CO)[C@@H](O)[C@H]3O)c2n1. The Morgan fingerprint density at radius 3 is 2.72 bits per heavy atom. The summed E-state index contributed by atoms with van der Waals surface area (Å²) in [5.74, 6) is 0.455. The zero-order chi connectivity index (χ0) is 20.5. The number of aliphatic hydroxyl groups excluding tert-OH is 3. The summed E-state index contributed by atoms with van der Waals surface area (Å²) < 4.78 is 7.02. The number of ether oxygens (including phenoxy) is 1. The van der Waals surface area contributed by atoms with Crippen molar-refractivity contribution in [1.29, 1.82) is 0 Å². The highest BCUT2D eigenvalue weighted by atomic mass is 35.5. The maximum absolute atomic E-state index is 10.3. The normalized spacial score (nSPS) is 24.3. The molecule has 29 heavy (non-hydrogen) atoms. The minimum absolute atomic E-state index is 0.0197. The first-order valence-electron chi connectivity index (χ1n) is 9.09. The minimum atomic E-state index is -1.25. The number of fused-ring (bicyclic) bond motifs is 1. The quantitative estimate of drug-likeness (QED) is 0.379. The van der Waals surface area contributed by atoms with Crippen LogP contribution in [0.4, 0.5) is 11.8 Å². The molecule has 0 aliphatic carbocycles. The molecule has 1 saturated heterocycles. The fraction of sp³-hybridized carbons (Fsp3) is 0.389. The Morgan fingerprint density at radius 1 is 1.21 bits per heavy atom. The number of nitrogens with two attached hydrogens (primary N) is 1. The Kier molecular flexibility index (Phi) is 5.52. The van der Waals surface area contributed by atoms with Gasteiger partial charge in [0.15, 0.2) is 23.2 Å². The third kappa shape index (κ3) is 3.72. The highest BCUT2D eigenvalue weighted by Crippen LogP contribution is 2.32. The second-order valence-electron chi connectivity index (χ2n) is 6.75. The van der Waals surface area contributed by atoms with Crippen molar-refractivity contribution in [3.8, 4) is 0 Å². The van der Waals surface area contributed by atoms with Crippen LogP contribution in [0.2, 0.25) is 5.02 Å². The number of hydrogen-bond acceptors (Lipinski definition) is 9. The van der Waals surface area contributed by atoms with E-state index in [9.17, 15) is 15.3 Å². The maximum atomic E-state index is 10.3. The Bertz CT molecular complexity index is 1020. The lowest BCUT2D eigenvalue weighted by molar-refractivity contribution is -0.0511. The molecule has 4 rings (SSSR count). The molecule has 4 atom stereocenters. The van der Waals surface area contributed by atoms with Crippen molar-refractivity contribution in [2.75, 3.05) is 24.2 Å². The molecule has 1 aromatic carbocycles. The smallest absolute Gasteiger partial charge is 0.224 e. The Balaban J connectivity index is 1.58. The number of anilines is 2. The van der Waals surface area contributed by atoms with Crippen molar-refractivity contribution in [3.63, 3.8) is 0 Å². The van der Waals surface area contributed by atoms with Gasteiger partial charge in [0.1, 0.15) is 18.3 Å². The standard InChI is InChI=1S/C18H21ClN6O4/c19-10-4-2-1-3-9(10)5-6-21-15-12-16(24-18(20)23-15)25(8-22-12)17-14(28)13(27)11(7-26)29-17/h1-4,8,11,13-14,17,26-28H,5-7H2,(H3,20,21,23,24)/t11-,13-,14-,17?/m1/s1. The van der Waals surface area contributed by atoms with Gasteiger partial charge < -0.3 is 31.1 Å². The molecule has 10 nitrogen and oxygen atoms in total. The second kappa shape index (κ2) is 8.09. The monoisotopic (exact) mass is 420 g/mol. The molecule has 0 radical (unpaired) electrons. The largest absolute Gasteiger partial charge is 0.394 e. The predicted octanol–water partition coefficient (Wildman–Crippen LogP) is 0.328. The van der Waals surface area contributed by atoms with Gasteiger partial charge in [-0.1, -0.05) is 29.8 Å². The summed E-state index contributed by atoms with van der Waals surface area (Å²) in [6.07, 6.45) is -2.25. The van der Waals surface area contributed by atoms with Crippen LogP contribution in [0, 0.1) is 0 Å². The van der Waals surface area contributed by atoms with Crippen molar-refractivity contribution < 1.29 is 20.1 Å². The molecule has 3 heterocycles. The maximum Gasteiger partial charge on any atom is 0.224 e. The molecule has 1 unspecified atom stereocenters. The number of nitrogens with one attached hydrogen (secondary N) is 1. The van der Waals surface area contributed by atoms with Crippen molar-refractivity contribution in [3.05, 3.63) is 41.2 Å². The van der Waals surface area contributed by atoms with Crippen LogP contribution in [0.1, 0.15) is 11.8 Å². The number of imidazole rings is 1. The van der Waals surface area contributed by atoms with Crippen molar-refractivity contribution >= 4 is 34.5 Å². The molecule has 6 N–H and O–H groups in total. The van der Waals surface area contributed by atoms with Crippen molar-refractivity contribution in [2.45, 2.75) is 31.0 Å². The molecule has 0 bridgehead atoms. The van der Waals surface area contributed by atoms with E-state index in [0.717, 1.165) is 5.56 Å². The van der Waals surface area contributed by atoms with E-state index in [2.05, 4.69) is 20.3 Å². The molecule has 2 aromatic heterocycles. The molecule has 1 aliphatic rings. The average Bonchev–Trinajstić information content (AvgIpc) is 3.24. The second-order valence-corrected chi connectivity index (χ2v) is 7.16. The predicted molar refractivity (Wildman–Crippen MR) is 106 cm³/mol. The summed E-state index contributed by atoms with van der Waals surface area (Å²) in [7, 11) is 0. The first-order valence-corrected chi connectivity index (χ1v) is 9.47. The number of benzene rings is 1. The van der Waals surface area contributed by atoms with Crippen LogP contribution in [0.15, 0.2) is 30.6 Å². The summed E-state index contributed by atoms with van der Waals surface area (Å²) in [5.41, 5.74) is 7.64. The van der Waals surface area contributed by atoms with E-state index in [1.54, 1.807) is 0 Å². The summed E-state index contributed by atoms with van der Waals surface area (Å²) in [6, 6.07) is 7.58. The van der Waals surface area contributed by atoms with Crippen LogP contribution in [0.3, 0.4) is 0 Å². The minimum Gasteiger partial charge on any atom is -0.394 e. The number of aliphatic hydroxyl groups is 3. The summed E-state index contributed by atoms with van der Waals surface area (Å²) in [4.78, 5) is 12.7. The number of halogens is 1. The number of aromatic nitrogens is 4. The van der Waals surface area contributed by atoms with Crippen LogP contribution < -0.4 is 11.1 Å². The molecule has 11 heteroatoms. The number of rotatable bonds is 6. The fourth-order valence-electron chi connectivity index (χ4n) is 3.37. The summed E-state index contributed by atoms with van der Waals surface area (Å²) >= 11 is 6.19. The first-order chi connectivity index (χ1) is 14.0. The van der Waals surface area contributed by atoms with Crippen LogP contribution in [-0.4, -0.2) is 66.3 Å². The lowest BCUT2D eigenvalue weighted by Gasteiger charge is -2.16. The summed E-state index contributed by atoms with van der Waals surface area (Å²) in [6.45, 7) is 0.114. The molecular formula is C18H21ClN6O4. The lowest BCUT2D eigenvalue weighted by Crippen LogP contribution is -2.33. The number of hydrogen-bond donors (Lipinski definition) is 5. The Morgan fingerprint density at radius 2 is 2.00 bits per heavy atom. The molecule has 154 valence electrons. The van der Waals surface area contributed by atoms with E-state index in [-0.39, 0.29) is 5.95 Å². The van der Waals surface area contributed by atoms with Crippen LogP contribution in [-0.2, 0) is 11.2 Å². The van der Waals surface area contributed by atoms with Gasteiger partial charge in [-0.25, -0.2) is 4.98 Å². The molecule has 3 aromatic rings. The van der Waals surface area contributed by atoms with E-state index >= 15 is 0 Å². The van der Waals surface area contributed by atoms with Gasteiger partial charge in [0.25, 0.3) is 0 Å². The van der Waals surface area contributed by atoms with E-state index < -0.39 is 31.1 Å². The van der Waals surface area contributed by atoms with Gasteiger partial charge >= 0.3 is 0 Å². The Labute approximate surface area is 170 Å². The Hall–Kier alpha value is -2.50. The number of nitrogen functional groups attached to an aromatic ring is 1. The van der Waals surface area contributed by atoms with E-state index in [4.69, 9.17) is 22.1 Å².